The summed E-state index contributed by atoms with van der Waals surface area (Å²) in [4.78, 5) is 25.5. The Hall–Kier alpha value is -2.08. The highest BCUT2D eigenvalue weighted by Crippen LogP contribution is 2.22. The molecule has 2 amide bonds. The molecule has 0 bridgehead atoms. The summed E-state index contributed by atoms with van der Waals surface area (Å²) in [5, 5.41) is 12.0. The number of fused-ring (bicyclic) bond motifs is 1. The van der Waals surface area contributed by atoms with Crippen molar-refractivity contribution in [3.63, 3.8) is 0 Å². The highest BCUT2D eigenvalue weighted by atomic mass is 16.5. The number of urea groups is 1. The Balaban J connectivity index is 1.71. The number of hydrogen-bond donors (Lipinski definition) is 2. The van der Waals surface area contributed by atoms with E-state index in [4.69, 9.17) is 4.74 Å². The maximum atomic E-state index is 12.4. The van der Waals surface area contributed by atoms with Crippen molar-refractivity contribution in [2.45, 2.75) is 24.9 Å². The number of ether oxygens (including phenoxy) is 1. The third-order valence-corrected chi connectivity index (χ3v) is 4.20. The van der Waals surface area contributed by atoms with E-state index in [-0.39, 0.29) is 12.6 Å². The van der Waals surface area contributed by atoms with Crippen molar-refractivity contribution in [1.82, 2.24) is 10.2 Å². The lowest BCUT2D eigenvalue weighted by Gasteiger charge is -2.32. The lowest BCUT2D eigenvalue weighted by atomic mass is 9.98. The third-order valence-electron chi connectivity index (χ3n) is 4.20. The molecular formula is C15H18N2O4. The van der Waals surface area contributed by atoms with Gasteiger partial charge in [0.1, 0.15) is 0 Å². The van der Waals surface area contributed by atoms with Crippen molar-refractivity contribution in [2.75, 3.05) is 19.8 Å². The molecule has 2 aliphatic heterocycles. The second-order valence-electron chi connectivity index (χ2n) is 5.56. The monoisotopic (exact) mass is 290 g/mol. The average Bonchev–Trinajstić information content (AvgIpc) is 2.96. The van der Waals surface area contributed by atoms with E-state index in [9.17, 15) is 14.7 Å². The van der Waals surface area contributed by atoms with Crippen LogP contribution in [0.3, 0.4) is 0 Å². The fourth-order valence-corrected chi connectivity index (χ4v) is 2.84. The topological polar surface area (TPSA) is 78.9 Å². The molecule has 1 saturated heterocycles. The van der Waals surface area contributed by atoms with Crippen LogP contribution in [-0.2, 0) is 22.5 Å². The standard InChI is InChI=1S/C15H18N2O4/c18-13(19)15(6-8-21-10-15)16-14(20)17-7-5-11-3-1-2-4-12(11)9-17/h1-4H,5-10H2,(H,16,20)(H,18,19). The van der Waals surface area contributed by atoms with Crippen molar-refractivity contribution in [3.05, 3.63) is 35.4 Å². The van der Waals surface area contributed by atoms with Gasteiger partial charge in [0.2, 0.25) is 0 Å². The van der Waals surface area contributed by atoms with Crippen LogP contribution in [0.4, 0.5) is 4.79 Å². The van der Waals surface area contributed by atoms with E-state index in [1.165, 1.54) is 5.56 Å². The number of carboxylic acids is 1. The maximum absolute atomic E-state index is 12.4. The largest absolute Gasteiger partial charge is 0.479 e. The van der Waals surface area contributed by atoms with Gasteiger partial charge in [0.15, 0.2) is 5.54 Å². The summed E-state index contributed by atoms with van der Waals surface area (Å²) in [6, 6.07) is 7.67. The zero-order valence-electron chi connectivity index (χ0n) is 11.7. The summed E-state index contributed by atoms with van der Waals surface area (Å²) in [5.41, 5.74) is 1.08. The van der Waals surface area contributed by atoms with Gasteiger partial charge >= 0.3 is 12.0 Å². The third kappa shape index (κ3) is 2.58. The number of amides is 2. The van der Waals surface area contributed by atoms with Crippen molar-refractivity contribution < 1.29 is 19.4 Å². The molecule has 1 unspecified atom stereocenters. The number of nitrogens with one attached hydrogen (secondary N) is 1. The number of carbonyl (C=O) groups excluding carboxylic acids is 1. The van der Waals surface area contributed by atoms with Crippen molar-refractivity contribution in [2.24, 2.45) is 0 Å². The molecule has 2 aliphatic rings. The van der Waals surface area contributed by atoms with Crippen LogP contribution in [0.5, 0.6) is 0 Å². The van der Waals surface area contributed by atoms with Crippen molar-refractivity contribution in [1.29, 1.82) is 0 Å². The molecular weight excluding hydrogens is 272 g/mol. The van der Waals surface area contributed by atoms with Crippen LogP contribution in [0.15, 0.2) is 24.3 Å². The summed E-state index contributed by atoms with van der Waals surface area (Å²) in [6.45, 7) is 1.49. The van der Waals surface area contributed by atoms with Gasteiger partial charge in [0.05, 0.1) is 6.61 Å². The van der Waals surface area contributed by atoms with Gasteiger partial charge in [-0.3, -0.25) is 0 Å². The van der Waals surface area contributed by atoms with Crippen LogP contribution in [0, 0.1) is 0 Å². The molecule has 1 aromatic carbocycles. The summed E-state index contributed by atoms with van der Waals surface area (Å²) in [7, 11) is 0. The van der Waals surface area contributed by atoms with E-state index >= 15 is 0 Å². The van der Waals surface area contributed by atoms with Gasteiger partial charge in [0.25, 0.3) is 0 Å². The Bertz CT molecular complexity index is 567. The van der Waals surface area contributed by atoms with Gasteiger partial charge in [0, 0.05) is 26.1 Å². The van der Waals surface area contributed by atoms with Crippen LogP contribution >= 0.6 is 0 Å². The molecule has 1 atom stereocenters. The van der Waals surface area contributed by atoms with Crippen LogP contribution in [0.1, 0.15) is 17.5 Å². The second kappa shape index (κ2) is 5.37. The zero-order valence-corrected chi connectivity index (χ0v) is 11.7. The Kier molecular flexibility index (Phi) is 3.55. The van der Waals surface area contributed by atoms with Gasteiger partial charge in [-0.25, -0.2) is 9.59 Å². The van der Waals surface area contributed by atoms with Crippen LogP contribution in [0.2, 0.25) is 0 Å². The molecule has 1 fully saturated rings. The molecule has 0 aromatic heterocycles. The number of carbonyl (C=O) groups is 2. The molecule has 1 aromatic rings. The van der Waals surface area contributed by atoms with Gasteiger partial charge in [-0.1, -0.05) is 24.3 Å². The number of nitrogens with zero attached hydrogens (tertiary/aromatic N) is 1. The van der Waals surface area contributed by atoms with Gasteiger partial charge in [-0.05, 0) is 17.5 Å². The first kappa shape index (κ1) is 13.9. The highest BCUT2D eigenvalue weighted by Gasteiger charge is 2.44. The average molecular weight is 290 g/mol. The molecule has 0 saturated carbocycles. The van der Waals surface area contributed by atoms with Crippen molar-refractivity contribution in [3.8, 4) is 0 Å². The predicted octanol–water partition coefficient (Wildman–Crippen LogP) is 0.998. The number of rotatable bonds is 2. The van der Waals surface area contributed by atoms with Crippen LogP contribution in [-0.4, -0.2) is 47.3 Å². The summed E-state index contributed by atoms with van der Waals surface area (Å²) in [5.74, 6) is -1.04. The fraction of sp³-hybridized carbons (Fsp3) is 0.467. The Labute approximate surface area is 122 Å². The minimum absolute atomic E-state index is 0.0263. The first-order valence-electron chi connectivity index (χ1n) is 7.06. The normalized spacial score (nSPS) is 24.5. The smallest absolute Gasteiger partial charge is 0.332 e. The summed E-state index contributed by atoms with van der Waals surface area (Å²) < 4.78 is 5.15. The lowest BCUT2D eigenvalue weighted by molar-refractivity contribution is -0.144. The first-order chi connectivity index (χ1) is 10.1. The van der Waals surface area contributed by atoms with E-state index in [2.05, 4.69) is 11.4 Å². The van der Waals surface area contributed by atoms with Gasteiger partial charge in [-0.2, -0.15) is 0 Å². The molecule has 0 aliphatic carbocycles. The molecule has 6 nitrogen and oxygen atoms in total. The van der Waals surface area contributed by atoms with E-state index < -0.39 is 11.5 Å². The zero-order chi connectivity index (χ0) is 14.9. The number of hydrogen-bond acceptors (Lipinski definition) is 3. The molecule has 6 heteroatoms. The molecule has 3 rings (SSSR count). The van der Waals surface area contributed by atoms with Crippen molar-refractivity contribution >= 4 is 12.0 Å². The lowest BCUT2D eigenvalue weighted by Crippen LogP contribution is -2.58. The number of benzene rings is 1. The summed E-state index contributed by atoms with van der Waals surface area (Å²) >= 11 is 0. The predicted molar refractivity (Wildman–Crippen MR) is 74.9 cm³/mol. The van der Waals surface area contributed by atoms with E-state index in [1.807, 2.05) is 18.2 Å². The number of aliphatic carboxylic acids is 1. The highest BCUT2D eigenvalue weighted by molar-refractivity contribution is 5.86. The molecule has 0 spiro atoms. The fourth-order valence-electron chi connectivity index (χ4n) is 2.84. The second-order valence-corrected chi connectivity index (χ2v) is 5.56. The molecule has 2 heterocycles. The van der Waals surface area contributed by atoms with E-state index in [0.717, 1.165) is 12.0 Å². The maximum Gasteiger partial charge on any atom is 0.332 e. The molecule has 2 N–H and O–H groups in total. The molecule has 0 radical (unpaired) electrons. The first-order valence-corrected chi connectivity index (χ1v) is 7.06. The molecule has 21 heavy (non-hydrogen) atoms. The van der Waals surface area contributed by atoms with Crippen LogP contribution < -0.4 is 5.32 Å². The Morgan fingerprint density at radius 3 is 2.71 bits per heavy atom. The van der Waals surface area contributed by atoms with Crippen LogP contribution in [0.25, 0.3) is 0 Å². The van der Waals surface area contributed by atoms with Gasteiger partial charge in [-0.15, -0.1) is 0 Å². The van der Waals surface area contributed by atoms with E-state index in [1.54, 1.807) is 4.90 Å². The number of carboxylic acid groups (broad SMARTS) is 1. The minimum atomic E-state index is -1.28. The van der Waals surface area contributed by atoms with Gasteiger partial charge < -0.3 is 20.1 Å². The summed E-state index contributed by atoms with van der Waals surface area (Å²) in [6.07, 6.45) is 1.10. The van der Waals surface area contributed by atoms with E-state index in [0.29, 0.717) is 26.1 Å². The Morgan fingerprint density at radius 2 is 2.05 bits per heavy atom. The minimum Gasteiger partial charge on any atom is -0.479 e. The molecule has 112 valence electrons. The Morgan fingerprint density at radius 1 is 1.29 bits per heavy atom. The SMILES string of the molecule is O=C(NC1(C(=O)O)CCOC1)N1CCc2ccccc2C1. The quantitative estimate of drug-likeness (QED) is 0.851.